The number of fused-ring (bicyclic) bond motifs is 1. The fourth-order valence-electron chi connectivity index (χ4n) is 1.62. The highest BCUT2D eigenvalue weighted by Crippen LogP contribution is 2.27. The molecular weight excluding hydrogens is 223 g/mol. The number of carbonyl (C=O) groups is 1. The molecule has 0 aliphatic heterocycles. The average molecular weight is 236 g/mol. The normalized spacial score (nSPS) is 11.2. The van der Waals surface area contributed by atoms with Gasteiger partial charge < -0.3 is 0 Å². The van der Waals surface area contributed by atoms with Gasteiger partial charge in [0.1, 0.15) is 5.82 Å². The minimum atomic E-state index is -0.256. The van der Waals surface area contributed by atoms with Gasteiger partial charge >= 0.3 is 0 Å². The molecule has 0 fully saturated rings. The van der Waals surface area contributed by atoms with E-state index in [4.69, 9.17) is 0 Å². The predicted octanol–water partition coefficient (Wildman–Crippen LogP) is 4.27. The Morgan fingerprint density at radius 1 is 1.38 bits per heavy atom. The summed E-state index contributed by atoms with van der Waals surface area (Å²) in [6.45, 7) is 4.04. The van der Waals surface area contributed by atoms with Crippen molar-refractivity contribution in [2.24, 2.45) is 5.92 Å². The Labute approximate surface area is 97.9 Å². The van der Waals surface area contributed by atoms with Gasteiger partial charge in [-0.3, -0.25) is 4.79 Å². The third-order valence-electron chi connectivity index (χ3n) is 2.35. The van der Waals surface area contributed by atoms with Crippen molar-refractivity contribution in [2.45, 2.75) is 20.3 Å². The van der Waals surface area contributed by atoms with E-state index < -0.39 is 0 Å². The van der Waals surface area contributed by atoms with Crippen molar-refractivity contribution >= 4 is 27.2 Å². The zero-order valence-electron chi connectivity index (χ0n) is 9.29. The number of benzene rings is 1. The monoisotopic (exact) mass is 236 g/mol. The molecule has 0 amide bonds. The average Bonchev–Trinajstić information content (AvgIpc) is 2.59. The molecule has 0 radical (unpaired) electrons. The summed E-state index contributed by atoms with van der Waals surface area (Å²) in [5.74, 6) is 0.249. The fraction of sp³-hybridized carbons (Fsp3) is 0.308. The first-order valence-electron chi connectivity index (χ1n) is 5.28. The predicted molar refractivity (Wildman–Crippen MR) is 65.6 cm³/mol. The number of halogens is 1. The van der Waals surface area contributed by atoms with Gasteiger partial charge in [0.05, 0.1) is 4.88 Å². The van der Waals surface area contributed by atoms with E-state index >= 15 is 0 Å². The van der Waals surface area contributed by atoms with Crippen LogP contribution in [0.4, 0.5) is 4.39 Å². The van der Waals surface area contributed by atoms with Gasteiger partial charge in [0.25, 0.3) is 0 Å². The van der Waals surface area contributed by atoms with Crippen molar-refractivity contribution in [3.8, 4) is 0 Å². The molecule has 0 unspecified atom stereocenters. The third-order valence-corrected chi connectivity index (χ3v) is 3.50. The lowest BCUT2D eigenvalue weighted by atomic mass is 10.1. The molecule has 1 nitrogen and oxygen atoms in total. The zero-order valence-corrected chi connectivity index (χ0v) is 10.1. The first-order chi connectivity index (χ1) is 7.56. The summed E-state index contributed by atoms with van der Waals surface area (Å²) in [4.78, 5) is 12.6. The fourth-order valence-corrected chi connectivity index (χ4v) is 2.61. The van der Waals surface area contributed by atoms with Crippen LogP contribution in [0.5, 0.6) is 0 Å². The molecule has 0 saturated heterocycles. The van der Waals surface area contributed by atoms with E-state index in [2.05, 4.69) is 0 Å². The summed E-state index contributed by atoms with van der Waals surface area (Å²) in [6.07, 6.45) is 0.551. The van der Waals surface area contributed by atoms with E-state index in [0.29, 0.717) is 12.3 Å². The van der Waals surface area contributed by atoms with Crippen molar-refractivity contribution in [1.82, 2.24) is 0 Å². The Kier molecular flexibility index (Phi) is 3.06. The van der Waals surface area contributed by atoms with Crippen molar-refractivity contribution in [2.75, 3.05) is 0 Å². The second-order valence-electron chi connectivity index (χ2n) is 4.31. The maximum atomic E-state index is 13.0. The molecule has 16 heavy (non-hydrogen) atoms. The second-order valence-corrected chi connectivity index (χ2v) is 5.40. The molecule has 0 saturated carbocycles. The Balaban J connectivity index is 2.36. The van der Waals surface area contributed by atoms with Crippen molar-refractivity contribution in [3.05, 3.63) is 35.0 Å². The minimum absolute atomic E-state index is 0.150. The van der Waals surface area contributed by atoms with Crippen molar-refractivity contribution < 1.29 is 9.18 Å². The number of carbonyl (C=O) groups excluding carboxylic acids is 1. The van der Waals surface area contributed by atoms with Crippen LogP contribution in [-0.4, -0.2) is 5.78 Å². The molecule has 0 aliphatic carbocycles. The molecule has 0 N–H and O–H groups in total. The standard InChI is InChI=1S/C13H13FOS/c1-8(2)5-11(15)13-7-9-6-10(14)3-4-12(9)16-13/h3-4,6-8H,5H2,1-2H3. The number of rotatable bonds is 3. The molecule has 2 aromatic rings. The highest BCUT2D eigenvalue weighted by molar-refractivity contribution is 7.20. The lowest BCUT2D eigenvalue weighted by molar-refractivity contribution is 0.0972. The lowest BCUT2D eigenvalue weighted by Gasteiger charge is -2.00. The lowest BCUT2D eigenvalue weighted by Crippen LogP contribution is -2.00. The van der Waals surface area contributed by atoms with Crippen LogP contribution in [-0.2, 0) is 0 Å². The van der Waals surface area contributed by atoms with E-state index in [1.807, 2.05) is 13.8 Å². The Bertz CT molecular complexity index is 528. The van der Waals surface area contributed by atoms with E-state index in [-0.39, 0.29) is 11.6 Å². The zero-order chi connectivity index (χ0) is 11.7. The summed E-state index contributed by atoms with van der Waals surface area (Å²) < 4.78 is 13.9. The highest BCUT2D eigenvalue weighted by Gasteiger charge is 2.12. The van der Waals surface area contributed by atoms with Crippen LogP contribution >= 0.6 is 11.3 Å². The van der Waals surface area contributed by atoms with Crippen LogP contribution in [0.3, 0.4) is 0 Å². The van der Waals surface area contributed by atoms with Gasteiger partial charge in [-0.05, 0) is 35.6 Å². The molecule has 1 heterocycles. The van der Waals surface area contributed by atoms with Crippen molar-refractivity contribution in [1.29, 1.82) is 0 Å². The first kappa shape index (κ1) is 11.3. The molecule has 3 heteroatoms. The summed E-state index contributed by atoms with van der Waals surface area (Å²) in [5.41, 5.74) is 0. The number of ketones is 1. The highest BCUT2D eigenvalue weighted by atomic mass is 32.1. The maximum Gasteiger partial charge on any atom is 0.173 e. The van der Waals surface area contributed by atoms with Gasteiger partial charge in [0, 0.05) is 11.1 Å². The first-order valence-corrected chi connectivity index (χ1v) is 6.10. The molecule has 0 atom stereocenters. The van der Waals surface area contributed by atoms with Gasteiger partial charge in [-0.15, -0.1) is 11.3 Å². The summed E-state index contributed by atoms with van der Waals surface area (Å²) in [7, 11) is 0. The third kappa shape index (κ3) is 2.30. The Hall–Kier alpha value is -1.22. The number of hydrogen-bond acceptors (Lipinski definition) is 2. The molecule has 0 bridgehead atoms. The van der Waals surface area contributed by atoms with Gasteiger partial charge in [-0.1, -0.05) is 13.8 Å². The van der Waals surface area contributed by atoms with Crippen LogP contribution in [0.25, 0.3) is 10.1 Å². The van der Waals surface area contributed by atoms with Crippen LogP contribution in [0.1, 0.15) is 29.9 Å². The van der Waals surface area contributed by atoms with E-state index in [0.717, 1.165) is 15.0 Å². The molecule has 0 spiro atoms. The summed E-state index contributed by atoms with van der Waals surface area (Å²) in [6, 6.07) is 6.41. The Morgan fingerprint density at radius 3 is 2.81 bits per heavy atom. The number of Topliss-reactive ketones (excluding diaryl/α,β-unsaturated/α-hetero) is 1. The van der Waals surface area contributed by atoms with Gasteiger partial charge in [0.2, 0.25) is 0 Å². The van der Waals surface area contributed by atoms with Gasteiger partial charge in [-0.25, -0.2) is 4.39 Å². The minimum Gasteiger partial charge on any atom is -0.293 e. The SMILES string of the molecule is CC(C)CC(=O)c1cc2cc(F)ccc2s1. The van der Waals surface area contributed by atoms with Crippen LogP contribution in [0, 0.1) is 11.7 Å². The van der Waals surface area contributed by atoms with E-state index in [1.54, 1.807) is 12.1 Å². The molecule has 1 aromatic carbocycles. The smallest absolute Gasteiger partial charge is 0.173 e. The van der Waals surface area contributed by atoms with Gasteiger partial charge in [-0.2, -0.15) is 0 Å². The molecule has 0 aliphatic rings. The summed E-state index contributed by atoms with van der Waals surface area (Å²) in [5, 5.41) is 0.817. The number of thiophene rings is 1. The topological polar surface area (TPSA) is 17.1 Å². The van der Waals surface area contributed by atoms with Crippen LogP contribution < -0.4 is 0 Å². The van der Waals surface area contributed by atoms with E-state index in [1.165, 1.54) is 23.5 Å². The second kappa shape index (κ2) is 4.34. The maximum absolute atomic E-state index is 13.0. The quantitative estimate of drug-likeness (QED) is 0.727. The Morgan fingerprint density at radius 2 is 2.12 bits per heavy atom. The van der Waals surface area contributed by atoms with Gasteiger partial charge in [0.15, 0.2) is 5.78 Å². The largest absolute Gasteiger partial charge is 0.293 e. The molecule has 1 aromatic heterocycles. The summed E-state index contributed by atoms with van der Waals surface area (Å²) >= 11 is 1.44. The van der Waals surface area contributed by atoms with E-state index in [9.17, 15) is 9.18 Å². The van der Waals surface area contributed by atoms with Crippen molar-refractivity contribution in [3.63, 3.8) is 0 Å². The van der Waals surface area contributed by atoms with Crippen LogP contribution in [0.15, 0.2) is 24.3 Å². The molecule has 84 valence electrons. The molecule has 2 rings (SSSR count). The van der Waals surface area contributed by atoms with Crippen LogP contribution in [0.2, 0.25) is 0 Å². The number of hydrogen-bond donors (Lipinski definition) is 0. The molecular formula is C13H13FOS.